The van der Waals surface area contributed by atoms with Gasteiger partial charge in [0.1, 0.15) is 24.7 Å². The minimum atomic E-state index is -0.582. The van der Waals surface area contributed by atoms with Crippen LogP contribution in [0.25, 0.3) is 21.9 Å². The maximum absolute atomic E-state index is 14.1. The van der Waals surface area contributed by atoms with Crippen LogP contribution in [0.15, 0.2) is 109 Å². The van der Waals surface area contributed by atoms with E-state index in [9.17, 15) is 23.6 Å². The molecule has 2 N–H and O–H groups in total. The first-order valence-corrected chi connectivity index (χ1v) is 16.9. The molecule has 2 aliphatic heterocycles. The van der Waals surface area contributed by atoms with Gasteiger partial charge in [-0.05, 0) is 64.7 Å². The third kappa shape index (κ3) is 7.88. The Hall–Kier alpha value is -6.10. The summed E-state index contributed by atoms with van der Waals surface area (Å²) in [6, 6.07) is 27.5. The molecule has 2 atom stereocenters. The van der Waals surface area contributed by atoms with Crippen LogP contribution in [0.5, 0.6) is 5.75 Å². The Kier molecular flexibility index (Phi) is 9.69. The molecule has 1 fully saturated rings. The van der Waals surface area contributed by atoms with Crippen molar-refractivity contribution in [2.75, 3.05) is 32.8 Å². The maximum atomic E-state index is 14.1. The van der Waals surface area contributed by atoms with E-state index in [2.05, 4.69) is 15.6 Å². The van der Waals surface area contributed by atoms with Crippen LogP contribution < -0.4 is 15.4 Å². The molecular formula is C40H36FN5O5. The summed E-state index contributed by atoms with van der Waals surface area (Å²) in [5.41, 5.74) is 2.80. The van der Waals surface area contributed by atoms with E-state index < -0.39 is 23.7 Å². The predicted molar refractivity (Wildman–Crippen MR) is 190 cm³/mol. The van der Waals surface area contributed by atoms with Gasteiger partial charge >= 0.3 is 0 Å². The molecular weight excluding hydrogens is 649 g/mol. The molecule has 1 saturated heterocycles. The SMILES string of the molecule is O=C(Cc1ccc2ccccc2c1)N[C@@H]1C[C@H]2COc3cccc(c3)-c3cncc(c3)C(=O)NCCN(C(=O)c3cccc(F)c3)CC(=O)N2C1. The van der Waals surface area contributed by atoms with E-state index >= 15 is 0 Å². The van der Waals surface area contributed by atoms with Gasteiger partial charge in [0.2, 0.25) is 11.8 Å². The molecule has 3 heterocycles. The topological polar surface area (TPSA) is 121 Å². The molecule has 0 saturated carbocycles. The van der Waals surface area contributed by atoms with Crippen molar-refractivity contribution in [2.45, 2.75) is 24.9 Å². The summed E-state index contributed by atoms with van der Waals surface area (Å²) in [5.74, 6) is -1.50. The van der Waals surface area contributed by atoms with Crippen molar-refractivity contribution in [3.63, 3.8) is 0 Å². The van der Waals surface area contributed by atoms with Gasteiger partial charge in [-0.1, -0.05) is 60.7 Å². The summed E-state index contributed by atoms with van der Waals surface area (Å²) in [7, 11) is 0. The second-order valence-corrected chi connectivity index (χ2v) is 12.9. The molecule has 258 valence electrons. The number of carbonyl (C=O) groups excluding carboxylic acids is 4. The van der Waals surface area contributed by atoms with Crippen molar-refractivity contribution in [3.05, 3.63) is 132 Å². The summed E-state index contributed by atoms with van der Waals surface area (Å²) in [6.45, 7) is 0.0511. The lowest BCUT2D eigenvalue weighted by atomic mass is 10.0. The summed E-state index contributed by atoms with van der Waals surface area (Å²) < 4.78 is 20.4. The molecule has 0 spiro atoms. The van der Waals surface area contributed by atoms with E-state index in [-0.39, 0.29) is 62.6 Å². The van der Waals surface area contributed by atoms with E-state index in [1.807, 2.05) is 66.7 Å². The van der Waals surface area contributed by atoms with Gasteiger partial charge in [0, 0.05) is 49.2 Å². The van der Waals surface area contributed by atoms with Crippen molar-refractivity contribution in [3.8, 4) is 16.9 Å². The molecule has 0 unspecified atom stereocenters. The van der Waals surface area contributed by atoms with Gasteiger partial charge in [-0.2, -0.15) is 0 Å². The number of fused-ring (bicyclic) bond motifs is 7. The first kappa shape index (κ1) is 33.4. The number of pyridine rings is 1. The maximum Gasteiger partial charge on any atom is 0.254 e. The third-order valence-electron chi connectivity index (χ3n) is 9.24. The Bertz CT molecular complexity index is 2120. The number of amides is 4. The third-order valence-corrected chi connectivity index (χ3v) is 9.24. The van der Waals surface area contributed by atoms with Crippen molar-refractivity contribution in [1.82, 2.24) is 25.4 Å². The van der Waals surface area contributed by atoms with Gasteiger partial charge in [0.05, 0.1) is 18.0 Å². The average molecular weight is 686 g/mol. The molecule has 2 aliphatic rings. The zero-order valence-electron chi connectivity index (χ0n) is 27.8. The van der Waals surface area contributed by atoms with E-state index in [0.29, 0.717) is 23.3 Å². The van der Waals surface area contributed by atoms with Gasteiger partial charge < -0.3 is 25.2 Å². The van der Waals surface area contributed by atoms with Crippen LogP contribution in [-0.4, -0.2) is 83.3 Å². The molecule has 11 heteroatoms. The van der Waals surface area contributed by atoms with E-state index in [1.165, 1.54) is 29.3 Å². The quantitative estimate of drug-likeness (QED) is 0.285. The van der Waals surface area contributed by atoms with Gasteiger partial charge in [-0.3, -0.25) is 24.2 Å². The number of rotatable bonds is 4. The molecule has 7 rings (SSSR count). The van der Waals surface area contributed by atoms with Gasteiger partial charge in [0.25, 0.3) is 11.8 Å². The predicted octanol–water partition coefficient (Wildman–Crippen LogP) is 4.63. The van der Waals surface area contributed by atoms with Crippen molar-refractivity contribution in [1.29, 1.82) is 0 Å². The number of carbonyl (C=O) groups is 4. The Morgan fingerprint density at radius 2 is 1.71 bits per heavy atom. The summed E-state index contributed by atoms with van der Waals surface area (Å²) in [6.07, 6.45) is 3.74. The van der Waals surface area contributed by atoms with E-state index in [4.69, 9.17) is 4.74 Å². The minimum Gasteiger partial charge on any atom is -0.491 e. The van der Waals surface area contributed by atoms with Crippen molar-refractivity contribution >= 4 is 34.4 Å². The van der Waals surface area contributed by atoms with Crippen LogP contribution in [0.3, 0.4) is 0 Å². The molecule has 4 amide bonds. The average Bonchev–Trinajstić information content (AvgIpc) is 3.55. The van der Waals surface area contributed by atoms with Crippen LogP contribution in [0.2, 0.25) is 0 Å². The fraction of sp³-hybridized carbons (Fsp3) is 0.225. The number of halogens is 1. The molecule has 4 bridgehead atoms. The second-order valence-electron chi connectivity index (χ2n) is 12.9. The largest absolute Gasteiger partial charge is 0.491 e. The lowest BCUT2D eigenvalue weighted by Gasteiger charge is -2.29. The molecule has 4 aromatic carbocycles. The number of hydrogen-bond acceptors (Lipinski definition) is 6. The van der Waals surface area contributed by atoms with Crippen molar-refractivity contribution in [2.24, 2.45) is 0 Å². The standard InChI is InChI=1S/C40H36FN5O5/c41-33-9-3-8-30(18-33)40(50)45-14-13-43-39(49)32-17-31(21-42-22-32)29-7-4-10-36(19-29)51-25-35-20-34(23-46(35)38(48)24-45)44-37(47)16-26-11-12-27-5-1-2-6-28(27)15-26/h1-12,15,17-19,21-22,34-35H,13-14,16,20,23-25H2,(H,43,49)(H,44,47)/t34-,35+/m1/s1. The Morgan fingerprint density at radius 3 is 2.57 bits per heavy atom. The second kappa shape index (κ2) is 14.8. The molecule has 10 nitrogen and oxygen atoms in total. The highest BCUT2D eigenvalue weighted by molar-refractivity contribution is 5.97. The number of nitrogens with zero attached hydrogens (tertiary/aromatic N) is 3. The monoisotopic (exact) mass is 685 g/mol. The molecule has 0 radical (unpaired) electrons. The highest BCUT2D eigenvalue weighted by Gasteiger charge is 2.37. The van der Waals surface area contributed by atoms with E-state index in [0.717, 1.165) is 28.0 Å². The lowest BCUT2D eigenvalue weighted by molar-refractivity contribution is -0.133. The number of aromatic nitrogens is 1. The van der Waals surface area contributed by atoms with Gasteiger partial charge in [-0.25, -0.2) is 4.39 Å². The summed E-state index contributed by atoms with van der Waals surface area (Å²) in [4.78, 5) is 61.3. The van der Waals surface area contributed by atoms with Crippen LogP contribution in [0, 0.1) is 5.82 Å². The number of nitrogens with one attached hydrogen (secondary N) is 2. The van der Waals surface area contributed by atoms with Crippen LogP contribution in [-0.2, 0) is 16.0 Å². The molecule has 1 aromatic heterocycles. The fourth-order valence-electron chi connectivity index (χ4n) is 6.69. The molecule has 5 aromatic rings. The lowest BCUT2D eigenvalue weighted by Crippen LogP contribution is -2.48. The minimum absolute atomic E-state index is 0.0123. The van der Waals surface area contributed by atoms with Gasteiger partial charge in [0.15, 0.2) is 0 Å². The number of hydrogen-bond donors (Lipinski definition) is 2. The number of benzene rings is 4. The Morgan fingerprint density at radius 1 is 0.882 bits per heavy atom. The number of ether oxygens (including phenoxy) is 1. The normalized spacial score (nSPS) is 18.0. The fourth-order valence-corrected chi connectivity index (χ4v) is 6.69. The highest BCUT2D eigenvalue weighted by atomic mass is 19.1. The Labute approximate surface area is 294 Å². The van der Waals surface area contributed by atoms with E-state index in [1.54, 1.807) is 17.2 Å². The van der Waals surface area contributed by atoms with Gasteiger partial charge in [-0.15, -0.1) is 0 Å². The zero-order valence-corrected chi connectivity index (χ0v) is 27.8. The first-order valence-electron chi connectivity index (χ1n) is 16.9. The molecule has 51 heavy (non-hydrogen) atoms. The zero-order chi connectivity index (χ0) is 35.3. The Balaban J connectivity index is 1.14. The first-order chi connectivity index (χ1) is 24.8. The summed E-state index contributed by atoms with van der Waals surface area (Å²) in [5, 5.41) is 8.07. The van der Waals surface area contributed by atoms with Crippen molar-refractivity contribution < 1.29 is 28.3 Å². The highest BCUT2D eigenvalue weighted by Crippen LogP contribution is 2.26. The molecule has 0 aliphatic carbocycles. The smallest absolute Gasteiger partial charge is 0.254 e. The van der Waals surface area contributed by atoms with Crippen LogP contribution in [0.1, 0.15) is 32.7 Å². The summed E-state index contributed by atoms with van der Waals surface area (Å²) >= 11 is 0. The van der Waals surface area contributed by atoms with Crippen LogP contribution >= 0.6 is 0 Å². The van der Waals surface area contributed by atoms with Crippen LogP contribution in [0.4, 0.5) is 4.39 Å².